The minimum Gasteiger partial charge on any atom is -0.356 e. The predicted molar refractivity (Wildman–Crippen MR) is 84.1 cm³/mol. The molecule has 0 aromatic carbocycles. The summed E-state index contributed by atoms with van der Waals surface area (Å²) in [5.74, 6) is 1.12. The minimum absolute atomic E-state index is 0. The van der Waals surface area contributed by atoms with Crippen LogP contribution in [0.3, 0.4) is 0 Å². The van der Waals surface area contributed by atoms with Crippen molar-refractivity contribution in [2.45, 2.75) is 45.7 Å². The molecule has 0 atom stereocenters. The number of hydrogen-bond acceptors (Lipinski definition) is 1. The quantitative estimate of drug-likeness (QED) is 0.300. The third-order valence-electron chi connectivity index (χ3n) is 2.43. The van der Waals surface area contributed by atoms with Crippen molar-refractivity contribution in [2.24, 2.45) is 10.9 Å². The molecule has 19 heavy (non-hydrogen) atoms. The Morgan fingerprint density at radius 2 is 1.68 bits per heavy atom. The van der Waals surface area contributed by atoms with Crippen LogP contribution in [0.25, 0.3) is 0 Å². The van der Waals surface area contributed by atoms with Crippen LogP contribution in [0.15, 0.2) is 4.99 Å². The second-order valence-electron chi connectivity index (χ2n) is 4.68. The average Bonchev–Trinajstić information content (AvgIpc) is 2.24. The van der Waals surface area contributed by atoms with E-state index in [4.69, 9.17) is 0 Å². The van der Waals surface area contributed by atoms with Gasteiger partial charge in [0.2, 0.25) is 0 Å². The Labute approximate surface area is 130 Å². The number of nitrogens with zero attached hydrogens (tertiary/aromatic N) is 1. The van der Waals surface area contributed by atoms with Gasteiger partial charge in [0.05, 0.1) is 6.42 Å². The Bertz CT molecular complexity index is 243. The Kier molecular flexibility index (Phi) is 12.9. The van der Waals surface area contributed by atoms with E-state index in [1.807, 2.05) is 0 Å². The normalized spacial score (nSPS) is 12.3. The molecule has 0 unspecified atom stereocenters. The lowest BCUT2D eigenvalue weighted by Gasteiger charge is -2.13. The molecule has 0 fully saturated rings. The molecular weight excluding hydrogens is 370 g/mol. The Morgan fingerprint density at radius 1 is 1.11 bits per heavy atom. The average molecular weight is 395 g/mol. The molecule has 0 aromatic rings. The predicted octanol–water partition coefficient (Wildman–Crippen LogP) is 3.55. The van der Waals surface area contributed by atoms with E-state index in [1.165, 1.54) is 6.42 Å². The smallest absolute Gasteiger partial charge is 0.356 e. The van der Waals surface area contributed by atoms with Gasteiger partial charge >= 0.3 is 6.18 Å². The zero-order valence-electron chi connectivity index (χ0n) is 11.8. The number of hydrogen-bond donors (Lipinski definition) is 2. The van der Waals surface area contributed by atoms with Gasteiger partial charge in [-0.1, -0.05) is 26.7 Å². The molecule has 7 heteroatoms. The summed E-state index contributed by atoms with van der Waals surface area (Å²) < 4.78 is 35.8. The van der Waals surface area contributed by atoms with Crippen LogP contribution in [0.1, 0.15) is 39.5 Å². The number of guanidine groups is 1. The van der Waals surface area contributed by atoms with E-state index >= 15 is 0 Å². The van der Waals surface area contributed by atoms with Crippen LogP contribution < -0.4 is 10.6 Å². The topological polar surface area (TPSA) is 36.4 Å². The van der Waals surface area contributed by atoms with Crippen LogP contribution in [-0.2, 0) is 0 Å². The van der Waals surface area contributed by atoms with E-state index < -0.39 is 12.6 Å². The summed E-state index contributed by atoms with van der Waals surface area (Å²) in [5.41, 5.74) is 0. The summed E-state index contributed by atoms with van der Waals surface area (Å²) in [7, 11) is 1.55. The van der Waals surface area contributed by atoms with Crippen molar-refractivity contribution in [1.82, 2.24) is 10.6 Å². The van der Waals surface area contributed by atoms with Gasteiger partial charge in [-0.15, -0.1) is 24.0 Å². The fourth-order valence-electron chi connectivity index (χ4n) is 1.43. The van der Waals surface area contributed by atoms with Gasteiger partial charge in [-0.3, -0.25) is 4.99 Å². The monoisotopic (exact) mass is 395 g/mol. The van der Waals surface area contributed by atoms with Gasteiger partial charge < -0.3 is 10.6 Å². The third kappa shape index (κ3) is 15.7. The molecule has 0 spiro atoms. The molecule has 116 valence electrons. The van der Waals surface area contributed by atoms with E-state index in [-0.39, 0.29) is 30.5 Å². The van der Waals surface area contributed by atoms with Crippen molar-refractivity contribution in [3.8, 4) is 0 Å². The zero-order valence-corrected chi connectivity index (χ0v) is 14.1. The maximum absolute atomic E-state index is 11.9. The van der Waals surface area contributed by atoms with Gasteiger partial charge in [-0.2, -0.15) is 13.2 Å². The fourth-order valence-corrected chi connectivity index (χ4v) is 1.43. The summed E-state index contributed by atoms with van der Waals surface area (Å²) in [6.45, 7) is 4.93. The molecule has 0 aliphatic rings. The maximum atomic E-state index is 11.9. The summed E-state index contributed by atoms with van der Waals surface area (Å²) in [5, 5.41) is 5.65. The largest absolute Gasteiger partial charge is 0.390 e. The second-order valence-corrected chi connectivity index (χ2v) is 4.68. The van der Waals surface area contributed by atoms with Gasteiger partial charge in [0.15, 0.2) is 5.96 Å². The van der Waals surface area contributed by atoms with E-state index in [0.717, 1.165) is 19.4 Å². The zero-order chi connectivity index (χ0) is 14.0. The summed E-state index contributed by atoms with van der Waals surface area (Å²) in [6, 6.07) is 0. The first-order valence-electron chi connectivity index (χ1n) is 6.36. The van der Waals surface area contributed by atoms with Crippen molar-refractivity contribution < 1.29 is 13.2 Å². The second kappa shape index (κ2) is 11.6. The molecule has 0 radical (unpaired) electrons. The summed E-state index contributed by atoms with van der Waals surface area (Å²) >= 11 is 0. The van der Waals surface area contributed by atoms with Crippen LogP contribution in [0.4, 0.5) is 13.2 Å². The van der Waals surface area contributed by atoms with Crippen molar-refractivity contribution >= 4 is 29.9 Å². The van der Waals surface area contributed by atoms with E-state index in [2.05, 4.69) is 29.5 Å². The van der Waals surface area contributed by atoms with Crippen LogP contribution in [-0.4, -0.2) is 32.3 Å². The highest BCUT2D eigenvalue weighted by Gasteiger charge is 2.26. The number of nitrogens with one attached hydrogen (secondary N) is 2. The standard InChI is InChI=1S/C12H24F3N3.HI/c1-10(2)6-4-5-8-17-11(16-3)18-9-7-12(13,14)15;/h10H,4-9H2,1-3H3,(H2,16,17,18);1H. The minimum atomic E-state index is -4.12. The van der Waals surface area contributed by atoms with Crippen LogP contribution in [0.2, 0.25) is 0 Å². The number of rotatable bonds is 7. The van der Waals surface area contributed by atoms with Gasteiger partial charge in [0.25, 0.3) is 0 Å². The summed E-state index contributed by atoms with van der Waals surface area (Å²) in [4.78, 5) is 3.87. The molecule has 0 rings (SSSR count). The summed E-state index contributed by atoms with van der Waals surface area (Å²) in [6.07, 6.45) is -1.69. The lowest BCUT2D eigenvalue weighted by Crippen LogP contribution is -2.39. The molecule has 0 heterocycles. The lowest BCUT2D eigenvalue weighted by molar-refractivity contribution is -0.132. The Hall–Kier alpha value is -0.210. The van der Waals surface area contributed by atoms with Crippen molar-refractivity contribution in [1.29, 1.82) is 0 Å². The van der Waals surface area contributed by atoms with Gasteiger partial charge in [0, 0.05) is 20.1 Å². The lowest BCUT2D eigenvalue weighted by atomic mass is 10.1. The number of aliphatic imine (C=N–C) groups is 1. The van der Waals surface area contributed by atoms with Gasteiger partial charge in [-0.05, 0) is 12.3 Å². The van der Waals surface area contributed by atoms with Crippen LogP contribution in [0, 0.1) is 5.92 Å². The van der Waals surface area contributed by atoms with Gasteiger partial charge in [-0.25, -0.2) is 0 Å². The van der Waals surface area contributed by atoms with Crippen molar-refractivity contribution in [3.05, 3.63) is 0 Å². The highest BCUT2D eigenvalue weighted by molar-refractivity contribution is 14.0. The van der Waals surface area contributed by atoms with Crippen LogP contribution >= 0.6 is 24.0 Å². The number of alkyl halides is 3. The molecule has 0 aliphatic carbocycles. The first-order chi connectivity index (χ1) is 8.35. The number of unbranched alkanes of at least 4 members (excludes halogenated alkanes) is 1. The van der Waals surface area contributed by atoms with Crippen molar-refractivity contribution in [3.63, 3.8) is 0 Å². The first kappa shape index (κ1) is 21.1. The molecule has 0 amide bonds. The van der Waals surface area contributed by atoms with E-state index in [0.29, 0.717) is 11.9 Å². The van der Waals surface area contributed by atoms with E-state index in [1.54, 1.807) is 7.05 Å². The molecule has 2 N–H and O–H groups in total. The fraction of sp³-hybridized carbons (Fsp3) is 0.917. The molecular formula is C12H25F3IN3. The molecule has 0 saturated carbocycles. The molecule has 3 nitrogen and oxygen atoms in total. The highest BCUT2D eigenvalue weighted by Crippen LogP contribution is 2.17. The van der Waals surface area contributed by atoms with Crippen LogP contribution in [0.5, 0.6) is 0 Å². The molecule has 0 bridgehead atoms. The molecule has 0 saturated heterocycles. The number of halogens is 4. The molecule has 0 aliphatic heterocycles. The first-order valence-corrected chi connectivity index (χ1v) is 6.36. The van der Waals surface area contributed by atoms with Crippen molar-refractivity contribution in [2.75, 3.05) is 20.1 Å². The highest BCUT2D eigenvalue weighted by atomic mass is 127. The maximum Gasteiger partial charge on any atom is 0.390 e. The Balaban J connectivity index is 0. The van der Waals surface area contributed by atoms with E-state index in [9.17, 15) is 13.2 Å². The van der Waals surface area contributed by atoms with Gasteiger partial charge in [0.1, 0.15) is 0 Å². The molecule has 0 aromatic heterocycles. The third-order valence-corrected chi connectivity index (χ3v) is 2.43. The Morgan fingerprint density at radius 3 is 2.16 bits per heavy atom. The SMILES string of the molecule is CN=C(NCCCCC(C)C)NCCC(F)(F)F.I.